The van der Waals surface area contributed by atoms with Crippen molar-refractivity contribution in [1.29, 1.82) is 0 Å². The van der Waals surface area contributed by atoms with Gasteiger partial charge >= 0.3 is 0 Å². The molecule has 2 aromatic carbocycles. The van der Waals surface area contributed by atoms with Crippen molar-refractivity contribution in [2.75, 3.05) is 12.4 Å². The van der Waals surface area contributed by atoms with Crippen molar-refractivity contribution < 1.29 is 4.74 Å². The van der Waals surface area contributed by atoms with Gasteiger partial charge in [-0.2, -0.15) is 5.10 Å². The summed E-state index contributed by atoms with van der Waals surface area (Å²) in [5.41, 5.74) is 4.98. The molecule has 0 aliphatic heterocycles. The number of tetrazole rings is 1. The largest absolute Gasteiger partial charge is 0.497 e. The van der Waals surface area contributed by atoms with Crippen LogP contribution in [-0.2, 0) is 6.54 Å². The van der Waals surface area contributed by atoms with Gasteiger partial charge in [0.15, 0.2) is 0 Å². The van der Waals surface area contributed by atoms with Crippen LogP contribution in [0.15, 0.2) is 61.1 Å². The summed E-state index contributed by atoms with van der Waals surface area (Å²) in [5, 5.41) is 21.9. The summed E-state index contributed by atoms with van der Waals surface area (Å²) in [5.74, 6) is 0.826. The van der Waals surface area contributed by atoms with Crippen molar-refractivity contribution in [3.63, 3.8) is 0 Å². The second-order valence-electron chi connectivity index (χ2n) is 5.66. The Kier molecular flexibility index (Phi) is 4.29. The molecule has 0 amide bonds. The zero-order valence-corrected chi connectivity index (χ0v) is 14.1. The monoisotopic (exact) mass is 347 g/mol. The van der Waals surface area contributed by atoms with E-state index in [1.54, 1.807) is 18.1 Å². The number of rotatable bonds is 6. The van der Waals surface area contributed by atoms with Crippen LogP contribution < -0.4 is 10.1 Å². The first-order valence-electron chi connectivity index (χ1n) is 8.07. The molecule has 0 fully saturated rings. The van der Waals surface area contributed by atoms with E-state index in [0.717, 1.165) is 33.9 Å². The molecule has 4 rings (SSSR count). The molecule has 0 atom stereocenters. The molecule has 0 radical (unpaired) electrons. The second kappa shape index (κ2) is 7.06. The third-order valence-electron chi connectivity index (χ3n) is 4.04. The summed E-state index contributed by atoms with van der Waals surface area (Å²) in [4.78, 5) is 0. The number of ether oxygens (including phenoxy) is 1. The van der Waals surface area contributed by atoms with Crippen LogP contribution in [0.1, 0.15) is 5.56 Å². The third kappa shape index (κ3) is 3.25. The molecule has 0 saturated heterocycles. The fourth-order valence-corrected chi connectivity index (χ4v) is 2.69. The highest BCUT2D eigenvalue weighted by molar-refractivity contribution is 5.64. The summed E-state index contributed by atoms with van der Waals surface area (Å²) in [6, 6.07) is 15.8. The molecule has 0 aliphatic rings. The van der Waals surface area contributed by atoms with Crippen LogP contribution in [-0.4, -0.2) is 37.5 Å². The summed E-state index contributed by atoms with van der Waals surface area (Å²) < 4.78 is 6.83. The minimum Gasteiger partial charge on any atom is -0.497 e. The molecule has 2 aromatic heterocycles. The predicted molar refractivity (Wildman–Crippen MR) is 97.1 cm³/mol. The maximum Gasteiger partial charge on any atom is 0.143 e. The van der Waals surface area contributed by atoms with Crippen molar-refractivity contribution in [2.24, 2.45) is 0 Å². The number of nitrogens with one attached hydrogen (secondary N) is 2. The zero-order chi connectivity index (χ0) is 17.8. The lowest BCUT2D eigenvalue weighted by Crippen LogP contribution is -2.02. The smallest absolute Gasteiger partial charge is 0.143 e. The SMILES string of the molecule is COc1ccc(-c2[nH]ncc2CNc2cccc(-n3cnnn3)c2)cc1. The first-order chi connectivity index (χ1) is 12.8. The second-order valence-corrected chi connectivity index (χ2v) is 5.66. The quantitative estimate of drug-likeness (QED) is 0.557. The number of hydrogen-bond acceptors (Lipinski definition) is 6. The minimum absolute atomic E-state index is 0.636. The van der Waals surface area contributed by atoms with Crippen molar-refractivity contribution >= 4 is 5.69 Å². The van der Waals surface area contributed by atoms with Gasteiger partial charge < -0.3 is 10.1 Å². The Hall–Kier alpha value is -3.68. The Bertz CT molecular complexity index is 977. The van der Waals surface area contributed by atoms with Crippen molar-refractivity contribution in [2.45, 2.75) is 6.54 Å². The van der Waals surface area contributed by atoms with Gasteiger partial charge in [0.1, 0.15) is 12.1 Å². The normalized spacial score (nSPS) is 10.7. The Morgan fingerprint density at radius 1 is 1.15 bits per heavy atom. The molecular weight excluding hydrogens is 330 g/mol. The topological polar surface area (TPSA) is 93.5 Å². The summed E-state index contributed by atoms with van der Waals surface area (Å²) >= 11 is 0. The van der Waals surface area contributed by atoms with Crippen molar-refractivity contribution in [3.05, 3.63) is 66.6 Å². The molecule has 0 aliphatic carbocycles. The van der Waals surface area contributed by atoms with E-state index in [2.05, 4.69) is 31.0 Å². The van der Waals surface area contributed by atoms with Gasteiger partial charge in [-0.1, -0.05) is 6.07 Å². The molecule has 8 heteroatoms. The van der Waals surface area contributed by atoms with Gasteiger partial charge in [0.05, 0.1) is 24.7 Å². The van der Waals surface area contributed by atoms with E-state index in [0.29, 0.717) is 6.54 Å². The van der Waals surface area contributed by atoms with E-state index in [4.69, 9.17) is 4.74 Å². The molecule has 0 bridgehead atoms. The highest BCUT2D eigenvalue weighted by Crippen LogP contribution is 2.24. The average Bonchev–Trinajstić information content (AvgIpc) is 3.39. The molecule has 2 heterocycles. The van der Waals surface area contributed by atoms with E-state index in [1.165, 1.54) is 0 Å². The fraction of sp³-hybridized carbons (Fsp3) is 0.111. The molecular formula is C18H17N7O. The van der Waals surface area contributed by atoms with Gasteiger partial charge in [0.2, 0.25) is 0 Å². The maximum absolute atomic E-state index is 5.21. The van der Waals surface area contributed by atoms with E-state index >= 15 is 0 Å². The Morgan fingerprint density at radius 3 is 2.81 bits per heavy atom. The van der Waals surface area contributed by atoms with E-state index in [1.807, 2.05) is 54.7 Å². The van der Waals surface area contributed by atoms with Gasteiger partial charge in [0.25, 0.3) is 0 Å². The van der Waals surface area contributed by atoms with Crippen LogP contribution in [0.5, 0.6) is 5.75 Å². The summed E-state index contributed by atoms with van der Waals surface area (Å²) in [6.07, 6.45) is 3.40. The molecule has 8 nitrogen and oxygen atoms in total. The molecule has 130 valence electrons. The number of hydrogen-bond donors (Lipinski definition) is 2. The number of nitrogens with zero attached hydrogens (tertiary/aromatic N) is 5. The number of methoxy groups -OCH3 is 1. The van der Waals surface area contributed by atoms with Gasteiger partial charge in [-0.15, -0.1) is 5.10 Å². The van der Waals surface area contributed by atoms with Gasteiger partial charge in [0, 0.05) is 23.4 Å². The van der Waals surface area contributed by atoms with Gasteiger partial charge in [-0.05, 0) is 52.9 Å². The minimum atomic E-state index is 0.636. The highest BCUT2D eigenvalue weighted by atomic mass is 16.5. The number of H-pyrrole nitrogens is 1. The molecule has 0 saturated carbocycles. The van der Waals surface area contributed by atoms with Crippen molar-refractivity contribution in [3.8, 4) is 22.7 Å². The van der Waals surface area contributed by atoms with Crippen LogP contribution in [0.2, 0.25) is 0 Å². The Balaban J connectivity index is 1.51. The molecule has 2 N–H and O–H groups in total. The summed E-state index contributed by atoms with van der Waals surface area (Å²) in [7, 11) is 1.66. The molecule has 4 aromatic rings. The lowest BCUT2D eigenvalue weighted by Gasteiger charge is -2.09. The predicted octanol–water partition coefficient (Wildman–Crippen LogP) is 2.67. The standard InChI is InChI=1S/C18H17N7O/c1-26-17-7-5-13(6-8-17)18-14(11-20-22-18)10-19-15-3-2-4-16(9-15)25-12-21-23-24-25/h2-9,11-12,19H,10H2,1H3,(H,20,22). The van der Waals surface area contributed by atoms with Crippen molar-refractivity contribution in [1.82, 2.24) is 30.4 Å². The maximum atomic E-state index is 5.21. The van der Waals surface area contributed by atoms with Crippen LogP contribution in [0.4, 0.5) is 5.69 Å². The van der Waals surface area contributed by atoms with Gasteiger partial charge in [-0.25, -0.2) is 4.68 Å². The van der Waals surface area contributed by atoms with Crippen LogP contribution in [0.25, 0.3) is 16.9 Å². The fourth-order valence-electron chi connectivity index (χ4n) is 2.69. The zero-order valence-electron chi connectivity index (χ0n) is 14.1. The lowest BCUT2D eigenvalue weighted by atomic mass is 10.1. The van der Waals surface area contributed by atoms with Gasteiger partial charge in [-0.3, -0.25) is 5.10 Å². The highest BCUT2D eigenvalue weighted by Gasteiger charge is 2.08. The van der Waals surface area contributed by atoms with E-state index in [-0.39, 0.29) is 0 Å². The van der Waals surface area contributed by atoms with E-state index in [9.17, 15) is 0 Å². The lowest BCUT2D eigenvalue weighted by molar-refractivity contribution is 0.415. The van der Waals surface area contributed by atoms with E-state index < -0.39 is 0 Å². The number of anilines is 1. The first-order valence-corrected chi connectivity index (χ1v) is 8.07. The first kappa shape index (κ1) is 15.8. The molecule has 26 heavy (non-hydrogen) atoms. The summed E-state index contributed by atoms with van der Waals surface area (Å²) in [6.45, 7) is 0.636. The number of benzene rings is 2. The van der Waals surface area contributed by atoms with Crippen LogP contribution in [0.3, 0.4) is 0 Å². The Morgan fingerprint density at radius 2 is 2.04 bits per heavy atom. The van der Waals surface area contributed by atoms with Crippen LogP contribution >= 0.6 is 0 Å². The van der Waals surface area contributed by atoms with Crippen LogP contribution in [0, 0.1) is 0 Å². The number of aromatic nitrogens is 6. The third-order valence-corrected chi connectivity index (χ3v) is 4.04. The molecule has 0 spiro atoms. The average molecular weight is 347 g/mol. The number of aromatic amines is 1. The molecule has 0 unspecified atom stereocenters. The Labute approximate surface area is 149 Å².